The molecule has 32 heavy (non-hydrogen) atoms. The summed E-state index contributed by atoms with van der Waals surface area (Å²) in [5, 5.41) is 0. The number of rotatable bonds is 9. The van der Waals surface area contributed by atoms with Crippen LogP contribution in [0.1, 0.15) is 63.9 Å². The van der Waals surface area contributed by atoms with Gasteiger partial charge in [-0.05, 0) is 56.2 Å². The third kappa shape index (κ3) is 5.31. The van der Waals surface area contributed by atoms with Gasteiger partial charge in [-0.3, -0.25) is 0 Å². The van der Waals surface area contributed by atoms with Gasteiger partial charge in [0.2, 0.25) is 5.75 Å². The largest absolute Gasteiger partial charge is 0.489 e. The maximum absolute atomic E-state index is 11.4. The molecule has 0 bridgehead atoms. The van der Waals surface area contributed by atoms with Gasteiger partial charge in [0.05, 0.1) is 13.7 Å². The Morgan fingerprint density at radius 3 is 2.53 bits per heavy atom. The van der Waals surface area contributed by atoms with Gasteiger partial charge in [-0.15, -0.1) is 0 Å². The molecule has 0 spiro atoms. The van der Waals surface area contributed by atoms with Gasteiger partial charge >= 0.3 is 0 Å². The van der Waals surface area contributed by atoms with E-state index in [2.05, 4.69) is 33.9 Å². The number of methoxy groups -OCH3 is 1. The van der Waals surface area contributed by atoms with E-state index in [1.807, 2.05) is 12.1 Å². The number of anilines is 1. The second kappa shape index (κ2) is 10.2. The highest BCUT2D eigenvalue weighted by Crippen LogP contribution is 2.37. The average Bonchev–Trinajstić information content (AvgIpc) is 3.46. The van der Waals surface area contributed by atoms with Crippen molar-refractivity contribution in [2.45, 2.75) is 70.5 Å². The number of Topliss-reactive ketones (excluding diaryl/α,β-unsaturated/α-hetero) is 1. The van der Waals surface area contributed by atoms with Gasteiger partial charge in [0.15, 0.2) is 5.82 Å². The van der Waals surface area contributed by atoms with Crippen molar-refractivity contribution in [1.82, 2.24) is 9.97 Å². The first kappa shape index (κ1) is 22.4. The summed E-state index contributed by atoms with van der Waals surface area (Å²) < 4.78 is 18.0. The molecule has 4 rings (SSSR count). The maximum atomic E-state index is 11.4. The van der Waals surface area contributed by atoms with Crippen LogP contribution in [0.25, 0.3) is 0 Å². The summed E-state index contributed by atoms with van der Waals surface area (Å²) in [6, 6.07) is 8.09. The molecular weight excluding hydrogens is 406 g/mol. The second-order valence-electron chi connectivity index (χ2n) is 8.91. The van der Waals surface area contributed by atoms with E-state index in [-0.39, 0.29) is 23.9 Å². The first-order valence-corrected chi connectivity index (χ1v) is 11.6. The average molecular weight is 440 g/mol. The van der Waals surface area contributed by atoms with Crippen molar-refractivity contribution in [1.29, 1.82) is 0 Å². The van der Waals surface area contributed by atoms with E-state index in [9.17, 15) is 4.79 Å². The standard InChI is InChI=1S/C25H33N3O4/c1-17(14-18(2)29)19-8-10-21(11-9-19)31-22-12-13-28(15-22)24-23(30-3)25(27-16-26-24)32-20-6-4-5-7-20/h8-11,16-17,20,22H,4-7,12-15H2,1-3H3/t17-,22-/m1/s1. The van der Waals surface area contributed by atoms with Crippen LogP contribution < -0.4 is 19.1 Å². The van der Waals surface area contributed by atoms with Crippen molar-refractivity contribution < 1.29 is 19.0 Å². The van der Waals surface area contributed by atoms with Crippen LogP contribution in [0.5, 0.6) is 17.4 Å². The Hall–Kier alpha value is -2.83. The van der Waals surface area contributed by atoms with Crippen molar-refractivity contribution in [2.24, 2.45) is 0 Å². The van der Waals surface area contributed by atoms with Gasteiger partial charge in [0.25, 0.3) is 5.88 Å². The molecule has 2 fully saturated rings. The zero-order chi connectivity index (χ0) is 22.5. The summed E-state index contributed by atoms with van der Waals surface area (Å²) in [7, 11) is 1.64. The third-order valence-electron chi connectivity index (χ3n) is 6.33. The highest BCUT2D eigenvalue weighted by Gasteiger charge is 2.30. The molecule has 172 valence electrons. The van der Waals surface area contributed by atoms with Crippen LogP contribution in [0.3, 0.4) is 0 Å². The number of hydrogen-bond acceptors (Lipinski definition) is 7. The first-order valence-electron chi connectivity index (χ1n) is 11.6. The van der Waals surface area contributed by atoms with Crippen LogP contribution in [-0.2, 0) is 4.79 Å². The van der Waals surface area contributed by atoms with Crippen molar-refractivity contribution in [3.05, 3.63) is 36.2 Å². The summed E-state index contributed by atoms with van der Waals surface area (Å²) in [4.78, 5) is 22.4. The number of aromatic nitrogens is 2. The summed E-state index contributed by atoms with van der Waals surface area (Å²) in [5.41, 5.74) is 1.15. The Labute approximate surface area is 190 Å². The van der Waals surface area contributed by atoms with E-state index in [0.29, 0.717) is 18.1 Å². The minimum atomic E-state index is 0.0642. The van der Waals surface area contributed by atoms with E-state index >= 15 is 0 Å². The molecule has 0 N–H and O–H groups in total. The van der Waals surface area contributed by atoms with Crippen molar-refractivity contribution in [3.63, 3.8) is 0 Å². The molecule has 1 saturated carbocycles. The lowest BCUT2D eigenvalue weighted by Gasteiger charge is -2.22. The lowest BCUT2D eigenvalue weighted by molar-refractivity contribution is -0.117. The number of carbonyl (C=O) groups excluding carboxylic acids is 1. The highest BCUT2D eigenvalue weighted by atomic mass is 16.5. The Kier molecular flexibility index (Phi) is 7.12. The Balaban J connectivity index is 1.38. The predicted molar refractivity (Wildman–Crippen MR) is 123 cm³/mol. The minimum Gasteiger partial charge on any atom is -0.489 e. The third-order valence-corrected chi connectivity index (χ3v) is 6.33. The summed E-state index contributed by atoms with van der Waals surface area (Å²) in [6.45, 7) is 5.26. The zero-order valence-electron chi connectivity index (χ0n) is 19.3. The number of ether oxygens (including phenoxy) is 3. The molecule has 7 heteroatoms. The summed E-state index contributed by atoms with van der Waals surface area (Å²) in [6.07, 6.45) is 7.82. The fraction of sp³-hybridized carbons (Fsp3) is 0.560. The maximum Gasteiger partial charge on any atom is 0.262 e. The van der Waals surface area contributed by atoms with Crippen LogP contribution in [-0.4, -0.2) is 48.2 Å². The van der Waals surface area contributed by atoms with Crippen molar-refractivity contribution in [2.75, 3.05) is 25.1 Å². The van der Waals surface area contributed by atoms with E-state index in [0.717, 1.165) is 49.5 Å². The lowest BCUT2D eigenvalue weighted by atomic mass is 9.96. The van der Waals surface area contributed by atoms with Gasteiger partial charge in [0, 0.05) is 19.4 Å². The minimum absolute atomic E-state index is 0.0642. The van der Waals surface area contributed by atoms with Crippen LogP contribution in [0.2, 0.25) is 0 Å². The smallest absolute Gasteiger partial charge is 0.262 e. The number of carbonyl (C=O) groups is 1. The Bertz CT molecular complexity index is 912. The fourth-order valence-electron chi connectivity index (χ4n) is 4.63. The van der Waals surface area contributed by atoms with Crippen LogP contribution >= 0.6 is 0 Å². The topological polar surface area (TPSA) is 73.8 Å². The lowest BCUT2D eigenvalue weighted by Crippen LogP contribution is -2.26. The molecule has 2 aliphatic rings. The van der Waals surface area contributed by atoms with Crippen LogP contribution in [0.15, 0.2) is 30.6 Å². The van der Waals surface area contributed by atoms with Gasteiger partial charge in [-0.2, -0.15) is 4.98 Å². The van der Waals surface area contributed by atoms with E-state index in [4.69, 9.17) is 14.2 Å². The van der Waals surface area contributed by atoms with Gasteiger partial charge < -0.3 is 23.9 Å². The molecule has 7 nitrogen and oxygen atoms in total. The van der Waals surface area contributed by atoms with Gasteiger partial charge in [-0.25, -0.2) is 4.98 Å². The molecule has 1 aliphatic heterocycles. The fourth-order valence-corrected chi connectivity index (χ4v) is 4.63. The van der Waals surface area contributed by atoms with E-state index in [1.165, 1.54) is 12.8 Å². The Morgan fingerprint density at radius 1 is 1.09 bits per heavy atom. The predicted octanol–water partition coefficient (Wildman–Crippen LogP) is 4.55. The molecule has 2 heterocycles. The molecular formula is C25H33N3O4. The van der Waals surface area contributed by atoms with Gasteiger partial charge in [0.1, 0.15) is 30.1 Å². The monoisotopic (exact) mass is 439 g/mol. The molecule has 1 saturated heterocycles. The molecule has 1 aromatic carbocycles. The number of ketones is 1. The molecule has 0 unspecified atom stereocenters. The molecule has 1 aromatic heterocycles. The zero-order valence-corrected chi connectivity index (χ0v) is 19.3. The molecule has 0 radical (unpaired) electrons. The molecule has 0 amide bonds. The van der Waals surface area contributed by atoms with Crippen molar-refractivity contribution in [3.8, 4) is 17.4 Å². The summed E-state index contributed by atoms with van der Waals surface area (Å²) >= 11 is 0. The van der Waals surface area contributed by atoms with E-state index < -0.39 is 0 Å². The van der Waals surface area contributed by atoms with E-state index in [1.54, 1.807) is 20.4 Å². The van der Waals surface area contributed by atoms with Crippen LogP contribution in [0, 0.1) is 0 Å². The van der Waals surface area contributed by atoms with Crippen LogP contribution in [0.4, 0.5) is 5.82 Å². The highest BCUT2D eigenvalue weighted by molar-refractivity contribution is 5.76. The quantitative estimate of drug-likeness (QED) is 0.568. The molecule has 1 aliphatic carbocycles. The SMILES string of the molecule is COc1c(OC2CCCC2)ncnc1N1CC[C@@H](Oc2ccc([C@H](C)CC(C)=O)cc2)C1. The normalized spacial score (nSPS) is 19.7. The second-order valence-corrected chi connectivity index (χ2v) is 8.91. The number of hydrogen-bond donors (Lipinski definition) is 0. The van der Waals surface area contributed by atoms with Crippen molar-refractivity contribution >= 4 is 11.6 Å². The molecule has 2 atom stereocenters. The van der Waals surface area contributed by atoms with Gasteiger partial charge in [-0.1, -0.05) is 19.1 Å². The molecule has 2 aromatic rings. The number of nitrogens with zero attached hydrogens (tertiary/aromatic N) is 3. The summed E-state index contributed by atoms with van der Waals surface area (Å²) in [5.74, 6) is 3.16. The number of benzene rings is 1. The Morgan fingerprint density at radius 2 is 1.84 bits per heavy atom. The first-order chi connectivity index (χ1) is 15.5.